The van der Waals surface area contributed by atoms with Crippen LogP contribution in [0, 0.1) is 0 Å². The van der Waals surface area contributed by atoms with E-state index in [1.54, 1.807) is 0 Å². The van der Waals surface area contributed by atoms with Gasteiger partial charge in [-0.3, -0.25) is 0 Å². The summed E-state index contributed by atoms with van der Waals surface area (Å²) in [6.45, 7) is 0.672. The highest BCUT2D eigenvalue weighted by Gasteiger charge is 2.08. The number of nitrogens with one attached hydrogen (secondary N) is 1. The molecule has 3 aromatic carbocycles. The Morgan fingerprint density at radius 3 is 2.33 bits per heavy atom. The SMILES string of the molecule is Cn1c(-c2ccccc2)cnc1NCc1cccc(Oc2ccccc2)c1. The first-order valence-electron chi connectivity index (χ1n) is 8.92. The van der Waals surface area contributed by atoms with Crippen molar-refractivity contribution in [3.8, 4) is 22.8 Å². The molecule has 4 heteroatoms. The molecule has 134 valence electrons. The molecular weight excluding hydrogens is 334 g/mol. The normalized spacial score (nSPS) is 10.6. The Labute approximate surface area is 159 Å². The molecule has 0 aliphatic heterocycles. The molecule has 0 atom stereocenters. The highest BCUT2D eigenvalue weighted by Crippen LogP contribution is 2.24. The number of hydrogen-bond acceptors (Lipinski definition) is 3. The Hall–Kier alpha value is -3.53. The summed E-state index contributed by atoms with van der Waals surface area (Å²) in [6, 6.07) is 28.2. The van der Waals surface area contributed by atoms with Gasteiger partial charge < -0.3 is 14.6 Å². The molecule has 0 aliphatic carbocycles. The average Bonchev–Trinajstić information content (AvgIpc) is 3.09. The first kappa shape index (κ1) is 16.9. The molecule has 0 radical (unpaired) electrons. The lowest BCUT2D eigenvalue weighted by Gasteiger charge is -2.10. The van der Waals surface area contributed by atoms with Crippen molar-refractivity contribution in [2.45, 2.75) is 6.54 Å². The van der Waals surface area contributed by atoms with Crippen molar-refractivity contribution in [3.63, 3.8) is 0 Å². The molecule has 4 rings (SSSR count). The van der Waals surface area contributed by atoms with Crippen molar-refractivity contribution in [1.82, 2.24) is 9.55 Å². The van der Waals surface area contributed by atoms with Crippen LogP contribution in [0.4, 0.5) is 5.95 Å². The van der Waals surface area contributed by atoms with E-state index in [1.807, 2.05) is 80.0 Å². The number of imidazole rings is 1. The van der Waals surface area contributed by atoms with Gasteiger partial charge in [0.25, 0.3) is 0 Å². The molecule has 0 unspecified atom stereocenters. The topological polar surface area (TPSA) is 39.1 Å². The lowest BCUT2D eigenvalue weighted by molar-refractivity contribution is 0.482. The van der Waals surface area contributed by atoms with Crippen LogP contribution in [0.1, 0.15) is 5.56 Å². The predicted molar refractivity (Wildman–Crippen MR) is 109 cm³/mol. The quantitative estimate of drug-likeness (QED) is 0.497. The van der Waals surface area contributed by atoms with Crippen LogP contribution < -0.4 is 10.1 Å². The van der Waals surface area contributed by atoms with Crippen LogP contribution in [0.2, 0.25) is 0 Å². The fourth-order valence-corrected chi connectivity index (χ4v) is 2.98. The van der Waals surface area contributed by atoms with E-state index >= 15 is 0 Å². The molecule has 0 bridgehead atoms. The van der Waals surface area contributed by atoms with Crippen molar-refractivity contribution < 1.29 is 4.74 Å². The van der Waals surface area contributed by atoms with Gasteiger partial charge in [0.2, 0.25) is 5.95 Å². The highest BCUT2D eigenvalue weighted by molar-refractivity contribution is 5.61. The summed E-state index contributed by atoms with van der Waals surface area (Å²) in [5, 5.41) is 3.41. The molecule has 1 aromatic heterocycles. The molecule has 1 heterocycles. The summed E-state index contributed by atoms with van der Waals surface area (Å²) in [7, 11) is 2.02. The maximum absolute atomic E-state index is 5.91. The molecule has 27 heavy (non-hydrogen) atoms. The Morgan fingerprint density at radius 1 is 0.852 bits per heavy atom. The lowest BCUT2D eigenvalue weighted by Crippen LogP contribution is -2.05. The summed E-state index contributed by atoms with van der Waals surface area (Å²) in [4.78, 5) is 4.52. The van der Waals surface area contributed by atoms with Crippen molar-refractivity contribution in [2.24, 2.45) is 7.05 Å². The lowest BCUT2D eigenvalue weighted by atomic mass is 10.2. The van der Waals surface area contributed by atoms with Crippen LogP contribution >= 0.6 is 0 Å². The van der Waals surface area contributed by atoms with Crippen molar-refractivity contribution in [3.05, 3.63) is 96.7 Å². The van der Waals surface area contributed by atoms with Gasteiger partial charge in [-0.25, -0.2) is 4.98 Å². The Morgan fingerprint density at radius 2 is 1.56 bits per heavy atom. The van der Waals surface area contributed by atoms with Gasteiger partial charge in [0.05, 0.1) is 11.9 Å². The van der Waals surface area contributed by atoms with Crippen LogP contribution in [-0.4, -0.2) is 9.55 Å². The molecule has 0 fully saturated rings. The molecular formula is C23H21N3O. The van der Waals surface area contributed by atoms with Crippen LogP contribution in [-0.2, 0) is 13.6 Å². The van der Waals surface area contributed by atoms with Gasteiger partial charge in [-0.05, 0) is 35.4 Å². The summed E-state index contributed by atoms with van der Waals surface area (Å²) >= 11 is 0. The van der Waals surface area contributed by atoms with Crippen molar-refractivity contribution in [2.75, 3.05) is 5.32 Å². The van der Waals surface area contributed by atoms with E-state index in [9.17, 15) is 0 Å². The fourth-order valence-electron chi connectivity index (χ4n) is 2.98. The van der Waals surface area contributed by atoms with E-state index in [1.165, 1.54) is 0 Å². The Bertz CT molecular complexity index is 1010. The number of anilines is 1. The van der Waals surface area contributed by atoms with Gasteiger partial charge in [-0.2, -0.15) is 0 Å². The van der Waals surface area contributed by atoms with Crippen molar-refractivity contribution >= 4 is 5.95 Å². The van der Waals surface area contributed by atoms with E-state index in [2.05, 4.69) is 33.1 Å². The van der Waals surface area contributed by atoms with E-state index in [0.29, 0.717) is 6.54 Å². The Balaban J connectivity index is 1.45. The first-order chi connectivity index (χ1) is 13.3. The number of para-hydroxylation sites is 1. The van der Waals surface area contributed by atoms with Gasteiger partial charge in [-0.1, -0.05) is 60.7 Å². The molecule has 0 saturated carbocycles. The molecule has 0 spiro atoms. The van der Waals surface area contributed by atoms with Crippen LogP contribution in [0.25, 0.3) is 11.3 Å². The summed E-state index contributed by atoms with van der Waals surface area (Å²) in [6.07, 6.45) is 1.90. The van der Waals surface area contributed by atoms with Crippen LogP contribution in [0.5, 0.6) is 11.5 Å². The zero-order valence-electron chi connectivity index (χ0n) is 15.2. The largest absolute Gasteiger partial charge is 0.457 e. The Kier molecular flexibility index (Phi) is 4.88. The monoisotopic (exact) mass is 355 g/mol. The summed E-state index contributed by atoms with van der Waals surface area (Å²) < 4.78 is 7.98. The molecule has 0 amide bonds. The number of aromatic nitrogens is 2. The molecule has 1 N–H and O–H groups in total. The van der Waals surface area contributed by atoms with Gasteiger partial charge >= 0.3 is 0 Å². The second kappa shape index (κ2) is 7.79. The van der Waals surface area contributed by atoms with E-state index in [0.717, 1.165) is 34.3 Å². The van der Waals surface area contributed by atoms with Gasteiger partial charge in [0.15, 0.2) is 0 Å². The van der Waals surface area contributed by atoms with Gasteiger partial charge in [0, 0.05) is 13.6 Å². The number of benzene rings is 3. The van der Waals surface area contributed by atoms with Crippen LogP contribution in [0.15, 0.2) is 91.1 Å². The third-order valence-electron chi connectivity index (χ3n) is 4.39. The summed E-state index contributed by atoms with van der Waals surface area (Å²) in [5.74, 6) is 2.49. The van der Waals surface area contributed by atoms with Gasteiger partial charge in [-0.15, -0.1) is 0 Å². The van der Waals surface area contributed by atoms with Gasteiger partial charge in [0.1, 0.15) is 11.5 Å². The highest BCUT2D eigenvalue weighted by atomic mass is 16.5. The number of rotatable bonds is 6. The van der Waals surface area contributed by atoms with E-state index in [4.69, 9.17) is 4.74 Å². The standard InChI is InChI=1S/C23H21N3O/c1-26-22(19-10-4-2-5-11-19)17-25-23(26)24-16-18-9-8-14-21(15-18)27-20-12-6-3-7-13-20/h2-15,17H,16H2,1H3,(H,24,25). The minimum Gasteiger partial charge on any atom is -0.457 e. The predicted octanol–water partition coefficient (Wildman–Crippen LogP) is 5.49. The maximum atomic E-state index is 5.91. The molecule has 0 aliphatic rings. The maximum Gasteiger partial charge on any atom is 0.203 e. The smallest absolute Gasteiger partial charge is 0.203 e. The average molecular weight is 355 g/mol. The zero-order valence-corrected chi connectivity index (χ0v) is 15.2. The third-order valence-corrected chi connectivity index (χ3v) is 4.39. The second-order valence-electron chi connectivity index (χ2n) is 6.31. The molecule has 4 nitrogen and oxygen atoms in total. The van der Waals surface area contributed by atoms with E-state index < -0.39 is 0 Å². The fraction of sp³-hybridized carbons (Fsp3) is 0.0870. The first-order valence-corrected chi connectivity index (χ1v) is 8.92. The van der Waals surface area contributed by atoms with Crippen LogP contribution in [0.3, 0.4) is 0 Å². The minimum atomic E-state index is 0.672. The van der Waals surface area contributed by atoms with E-state index in [-0.39, 0.29) is 0 Å². The number of nitrogens with zero attached hydrogens (tertiary/aromatic N) is 2. The second-order valence-corrected chi connectivity index (χ2v) is 6.31. The van der Waals surface area contributed by atoms with Crippen molar-refractivity contribution in [1.29, 1.82) is 0 Å². The molecule has 0 saturated heterocycles. The summed E-state index contributed by atoms with van der Waals surface area (Å²) in [5.41, 5.74) is 3.37. The number of hydrogen-bond donors (Lipinski definition) is 1. The zero-order chi connectivity index (χ0) is 18.5. The minimum absolute atomic E-state index is 0.672. The number of ether oxygens (including phenoxy) is 1. The third kappa shape index (κ3) is 4.01. The molecule has 4 aromatic rings.